The molecule has 1 aromatic heterocycles. The van der Waals surface area contributed by atoms with E-state index in [0.29, 0.717) is 23.0 Å². The van der Waals surface area contributed by atoms with E-state index in [-0.39, 0.29) is 16.8 Å². The predicted octanol–water partition coefficient (Wildman–Crippen LogP) is 2.06. The Morgan fingerprint density at radius 3 is 2.89 bits per heavy atom. The van der Waals surface area contributed by atoms with Crippen molar-refractivity contribution in [3.63, 3.8) is 0 Å². The highest BCUT2D eigenvalue weighted by molar-refractivity contribution is 6.35. The second kappa shape index (κ2) is 5.51. The Hall–Kier alpha value is -1.37. The van der Waals surface area contributed by atoms with E-state index in [9.17, 15) is 5.11 Å². The van der Waals surface area contributed by atoms with Crippen LogP contribution in [0.3, 0.4) is 0 Å². The van der Waals surface area contributed by atoms with E-state index < -0.39 is 0 Å². The number of nitrogens with one attached hydrogen (secondary N) is 2. The largest absolute Gasteiger partial charge is 0.506 e. The van der Waals surface area contributed by atoms with E-state index in [2.05, 4.69) is 25.9 Å². The van der Waals surface area contributed by atoms with Crippen molar-refractivity contribution in [1.82, 2.24) is 25.9 Å². The zero-order valence-corrected chi connectivity index (χ0v) is 11.0. The van der Waals surface area contributed by atoms with Crippen LogP contribution in [-0.2, 0) is 6.54 Å². The number of aromatic amines is 1. The Labute approximate surface area is 113 Å². The van der Waals surface area contributed by atoms with E-state index in [4.69, 9.17) is 23.2 Å². The zero-order valence-electron chi connectivity index (χ0n) is 9.48. The highest BCUT2D eigenvalue weighted by atomic mass is 35.5. The number of halogens is 2. The number of nitrogens with zero attached hydrogens (tertiary/aromatic N) is 3. The molecule has 1 aromatic carbocycles. The summed E-state index contributed by atoms with van der Waals surface area (Å²) in [5, 5.41) is 27.2. The summed E-state index contributed by atoms with van der Waals surface area (Å²) in [5.74, 6) is 0.566. The van der Waals surface area contributed by atoms with Crippen LogP contribution in [-0.4, -0.2) is 25.7 Å². The van der Waals surface area contributed by atoms with Gasteiger partial charge in [0, 0.05) is 17.1 Å². The average molecular weight is 288 g/mol. The summed E-state index contributed by atoms with van der Waals surface area (Å²) in [7, 11) is 0. The van der Waals surface area contributed by atoms with E-state index in [1.54, 1.807) is 6.07 Å². The molecule has 0 aliphatic heterocycles. The average Bonchev–Trinajstić information content (AvgIpc) is 2.85. The SMILES string of the molecule is CC(NCc1cc(Cl)cc(Cl)c1O)c1nn[nH]n1. The number of hydrogen-bond donors (Lipinski definition) is 3. The third-order valence-electron chi connectivity index (χ3n) is 2.45. The molecule has 18 heavy (non-hydrogen) atoms. The maximum atomic E-state index is 9.79. The Balaban J connectivity index is 2.06. The molecule has 0 radical (unpaired) electrons. The molecule has 96 valence electrons. The first kappa shape index (κ1) is 13.1. The van der Waals surface area contributed by atoms with Gasteiger partial charge in [0.2, 0.25) is 0 Å². The fourth-order valence-corrected chi connectivity index (χ4v) is 2.00. The van der Waals surface area contributed by atoms with Gasteiger partial charge in [0.05, 0.1) is 11.1 Å². The number of rotatable bonds is 4. The summed E-state index contributed by atoms with van der Waals surface area (Å²) in [6.07, 6.45) is 0. The first-order valence-corrected chi connectivity index (χ1v) is 5.97. The van der Waals surface area contributed by atoms with Crippen molar-refractivity contribution in [3.8, 4) is 5.75 Å². The van der Waals surface area contributed by atoms with Gasteiger partial charge >= 0.3 is 0 Å². The third kappa shape index (κ3) is 2.90. The lowest BCUT2D eigenvalue weighted by molar-refractivity contribution is 0.458. The van der Waals surface area contributed by atoms with Crippen molar-refractivity contribution in [2.24, 2.45) is 0 Å². The van der Waals surface area contributed by atoms with Crippen molar-refractivity contribution < 1.29 is 5.11 Å². The summed E-state index contributed by atoms with van der Waals surface area (Å²) < 4.78 is 0. The summed E-state index contributed by atoms with van der Waals surface area (Å²) in [6.45, 7) is 2.27. The molecule has 0 aliphatic rings. The topological polar surface area (TPSA) is 86.7 Å². The molecule has 1 heterocycles. The first-order chi connectivity index (χ1) is 8.58. The molecule has 1 atom stereocenters. The van der Waals surface area contributed by atoms with Gasteiger partial charge in [0.1, 0.15) is 5.75 Å². The van der Waals surface area contributed by atoms with Gasteiger partial charge in [-0.05, 0) is 19.1 Å². The van der Waals surface area contributed by atoms with Crippen LogP contribution >= 0.6 is 23.2 Å². The molecule has 0 spiro atoms. The summed E-state index contributed by atoms with van der Waals surface area (Å²) in [5.41, 5.74) is 0.614. The van der Waals surface area contributed by atoms with E-state index in [1.807, 2.05) is 6.92 Å². The van der Waals surface area contributed by atoms with Gasteiger partial charge in [0.25, 0.3) is 0 Å². The molecule has 0 amide bonds. The van der Waals surface area contributed by atoms with E-state index >= 15 is 0 Å². The van der Waals surface area contributed by atoms with Crippen molar-refractivity contribution in [1.29, 1.82) is 0 Å². The minimum absolute atomic E-state index is 0.0221. The highest BCUT2D eigenvalue weighted by Gasteiger charge is 2.12. The van der Waals surface area contributed by atoms with Gasteiger partial charge in [-0.2, -0.15) is 5.21 Å². The number of phenolic OH excluding ortho intramolecular Hbond substituents is 1. The third-order valence-corrected chi connectivity index (χ3v) is 2.96. The second-order valence-electron chi connectivity index (χ2n) is 3.77. The number of aromatic hydroxyl groups is 1. The molecule has 0 aliphatic carbocycles. The van der Waals surface area contributed by atoms with Crippen LogP contribution in [0.5, 0.6) is 5.75 Å². The van der Waals surface area contributed by atoms with Crippen molar-refractivity contribution in [3.05, 3.63) is 33.6 Å². The summed E-state index contributed by atoms with van der Waals surface area (Å²) >= 11 is 11.7. The Kier molecular flexibility index (Phi) is 4.00. The van der Waals surface area contributed by atoms with Crippen LogP contribution in [0.4, 0.5) is 0 Å². The van der Waals surface area contributed by atoms with Gasteiger partial charge in [-0.15, -0.1) is 10.2 Å². The number of phenols is 1. The second-order valence-corrected chi connectivity index (χ2v) is 4.61. The normalized spacial score (nSPS) is 12.6. The smallest absolute Gasteiger partial charge is 0.191 e. The molecule has 8 heteroatoms. The zero-order chi connectivity index (χ0) is 13.1. The summed E-state index contributed by atoms with van der Waals surface area (Å²) in [6, 6.07) is 3.03. The molecule has 0 fully saturated rings. The molecular weight excluding hydrogens is 277 g/mol. The number of benzene rings is 1. The summed E-state index contributed by atoms with van der Waals surface area (Å²) in [4.78, 5) is 0. The minimum atomic E-state index is -0.110. The fraction of sp³-hybridized carbons (Fsp3) is 0.300. The van der Waals surface area contributed by atoms with Gasteiger partial charge in [-0.25, -0.2) is 0 Å². The van der Waals surface area contributed by atoms with Gasteiger partial charge in [-0.1, -0.05) is 28.4 Å². The minimum Gasteiger partial charge on any atom is -0.506 e. The maximum Gasteiger partial charge on any atom is 0.191 e. The van der Waals surface area contributed by atoms with Gasteiger partial charge in [-0.3, -0.25) is 0 Å². The molecule has 0 saturated heterocycles. The fourth-order valence-electron chi connectivity index (χ4n) is 1.46. The standard InChI is InChI=1S/C10H11Cl2N5O/c1-5(10-14-16-17-15-10)13-4-6-2-7(11)3-8(12)9(6)18/h2-3,5,13,18H,4H2,1H3,(H,14,15,16,17). The van der Waals surface area contributed by atoms with Gasteiger partial charge in [0.15, 0.2) is 5.82 Å². The number of hydrogen-bond acceptors (Lipinski definition) is 5. The van der Waals surface area contributed by atoms with E-state index in [0.717, 1.165) is 0 Å². The number of aromatic nitrogens is 4. The molecule has 0 saturated carbocycles. The Bertz CT molecular complexity index is 531. The van der Waals surface area contributed by atoms with Crippen molar-refractivity contribution in [2.75, 3.05) is 0 Å². The number of H-pyrrole nitrogens is 1. The van der Waals surface area contributed by atoms with Gasteiger partial charge < -0.3 is 10.4 Å². The number of tetrazole rings is 1. The monoisotopic (exact) mass is 287 g/mol. The quantitative estimate of drug-likeness (QED) is 0.801. The Morgan fingerprint density at radius 1 is 1.44 bits per heavy atom. The van der Waals surface area contributed by atoms with Crippen LogP contribution in [0.25, 0.3) is 0 Å². The van der Waals surface area contributed by atoms with Crippen molar-refractivity contribution >= 4 is 23.2 Å². The van der Waals surface area contributed by atoms with Crippen LogP contribution in [0.1, 0.15) is 24.4 Å². The molecule has 2 aromatic rings. The Morgan fingerprint density at radius 2 is 2.22 bits per heavy atom. The molecule has 1 unspecified atom stereocenters. The van der Waals surface area contributed by atoms with E-state index in [1.165, 1.54) is 6.07 Å². The first-order valence-electron chi connectivity index (χ1n) is 5.21. The van der Waals surface area contributed by atoms with Crippen LogP contribution in [0, 0.1) is 0 Å². The lowest BCUT2D eigenvalue weighted by atomic mass is 10.2. The lowest BCUT2D eigenvalue weighted by Gasteiger charge is -2.12. The lowest BCUT2D eigenvalue weighted by Crippen LogP contribution is -2.19. The maximum absolute atomic E-state index is 9.79. The van der Waals surface area contributed by atoms with Crippen molar-refractivity contribution in [2.45, 2.75) is 19.5 Å². The van der Waals surface area contributed by atoms with Crippen LogP contribution < -0.4 is 5.32 Å². The molecule has 0 bridgehead atoms. The molecule has 2 rings (SSSR count). The van der Waals surface area contributed by atoms with Crippen LogP contribution in [0.2, 0.25) is 10.0 Å². The molecular formula is C10H11Cl2N5O. The molecule has 6 nitrogen and oxygen atoms in total. The molecule has 3 N–H and O–H groups in total. The highest BCUT2D eigenvalue weighted by Crippen LogP contribution is 2.31. The van der Waals surface area contributed by atoms with Crippen LogP contribution in [0.15, 0.2) is 12.1 Å². The predicted molar refractivity (Wildman–Crippen MR) is 67.6 cm³/mol.